The predicted molar refractivity (Wildman–Crippen MR) is 127 cm³/mol. The number of pyridine rings is 1. The molecular weight excluding hydrogens is 470 g/mol. The zero-order chi connectivity index (χ0) is 26.5. The average molecular weight is 498 g/mol. The van der Waals surface area contributed by atoms with E-state index in [4.69, 9.17) is 9.84 Å². The van der Waals surface area contributed by atoms with Gasteiger partial charge in [-0.2, -0.15) is 0 Å². The lowest BCUT2D eigenvalue weighted by Gasteiger charge is -2.25. The van der Waals surface area contributed by atoms with Crippen LogP contribution in [-0.2, 0) is 9.53 Å². The number of nitrogens with one attached hydrogen (secondary N) is 2. The van der Waals surface area contributed by atoms with Crippen molar-refractivity contribution in [2.75, 3.05) is 13.1 Å². The standard InChI is InChI=1S/C23H27N7O6/c1-5-10-29(27-22(35)36-23(2,3)4)21(34)18-13-30(28-26-18)14-6-7-17-16(11-14)15(8-9-24-17)20(33)25-12-19(31)32/h6-9,11,13H,5,10,12H2,1-4H3,(H,25,33)(H,27,35)(H,31,32). The van der Waals surface area contributed by atoms with Crippen molar-refractivity contribution in [1.82, 2.24) is 35.7 Å². The maximum absolute atomic E-state index is 13.0. The average Bonchev–Trinajstić information content (AvgIpc) is 3.30. The number of nitrogens with zero attached hydrogens (tertiary/aromatic N) is 5. The minimum Gasteiger partial charge on any atom is -0.480 e. The van der Waals surface area contributed by atoms with Crippen LogP contribution in [0.15, 0.2) is 36.7 Å². The van der Waals surface area contributed by atoms with Crippen LogP contribution in [0.4, 0.5) is 4.79 Å². The van der Waals surface area contributed by atoms with Crippen LogP contribution in [0.25, 0.3) is 16.6 Å². The van der Waals surface area contributed by atoms with E-state index in [2.05, 4.69) is 26.0 Å². The molecule has 3 rings (SSSR count). The Balaban J connectivity index is 1.86. The number of fused-ring (bicyclic) bond motifs is 1. The van der Waals surface area contributed by atoms with E-state index in [-0.39, 0.29) is 17.8 Å². The third-order valence-corrected chi connectivity index (χ3v) is 4.66. The maximum atomic E-state index is 13.0. The van der Waals surface area contributed by atoms with Crippen LogP contribution in [0.3, 0.4) is 0 Å². The first-order valence-corrected chi connectivity index (χ1v) is 11.1. The number of hydrogen-bond donors (Lipinski definition) is 3. The van der Waals surface area contributed by atoms with E-state index in [1.54, 1.807) is 39.0 Å². The number of rotatable bonds is 7. The predicted octanol–water partition coefficient (Wildman–Crippen LogP) is 1.92. The number of amides is 3. The SMILES string of the molecule is CCCN(NC(=O)OC(C)(C)C)C(=O)c1cn(-c2ccc3nccc(C(=O)NCC(=O)O)c3c2)nn1. The number of aliphatic carboxylic acids is 1. The van der Waals surface area contributed by atoms with Gasteiger partial charge in [0.15, 0.2) is 5.69 Å². The van der Waals surface area contributed by atoms with Gasteiger partial charge in [-0.25, -0.2) is 19.9 Å². The van der Waals surface area contributed by atoms with Crippen LogP contribution in [0.5, 0.6) is 0 Å². The third kappa shape index (κ3) is 6.52. The lowest BCUT2D eigenvalue weighted by atomic mass is 10.1. The Morgan fingerprint density at radius 2 is 1.92 bits per heavy atom. The number of carbonyl (C=O) groups is 4. The number of hydrogen-bond acceptors (Lipinski definition) is 8. The number of aromatic nitrogens is 4. The molecule has 0 aliphatic carbocycles. The molecule has 1 aromatic carbocycles. The van der Waals surface area contributed by atoms with E-state index in [1.165, 1.54) is 23.1 Å². The number of benzene rings is 1. The van der Waals surface area contributed by atoms with Crippen LogP contribution in [-0.4, -0.2) is 72.7 Å². The van der Waals surface area contributed by atoms with E-state index in [0.717, 1.165) is 5.01 Å². The van der Waals surface area contributed by atoms with Crippen LogP contribution in [0, 0.1) is 0 Å². The summed E-state index contributed by atoms with van der Waals surface area (Å²) in [6.07, 6.45) is 2.64. The summed E-state index contributed by atoms with van der Waals surface area (Å²) in [6.45, 7) is 6.68. The van der Waals surface area contributed by atoms with Gasteiger partial charge in [-0.15, -0.1) is 5.10 Å². The monoisotopic (exact) mass is 497 g/mol. The molecule has 0 saturated carbocycles. The fourth-order valence-corrected chi connectivity index (χ4v) is 3.20. The molecule has 0 spiro atoms. The first-order valence-electron chi connectivity index (χ1n) is 11.1. The summed E-state index contributed by atoms with van der Waals surface area (Å²) in [5.74, 6) is -2.31. The van der Waals surface area contributed by atoms with Gasteiger partial charge in [-0.1, -0.05) is 12.1 Å². The quantitative estimate of drug-likeness (QED) is 0.413. The second-order valence-corrected chi connectivity index (χ2v) is 8.76. The highest BCUT2D eigenvalue weighted by Crippen LogP contribution is 2.21. The highest BCUT2D eigenvalue weighted by Gasteiger charge is 2.24. The van der Waals surface area contributed by atoms with Gasteiger partial charge in [0.1, 0.15) is 12.1 Å². The van der Waals surface area contributed by atoms with Crippen molar-refractivity contribution in [3.8, 4) is 5.69 Å². The van der Waals surface area contributed by atoms with Crippen molar-refractivity contribution in [2.24, 2.45) is 0 Å². The van der Waals surface area contributed by atoms with E-state index in [9.17, 15) is 19.2 Å². The summed E-state index contributed by atoms with van der Waals surface area (Å²) in [6, 6.07) is 6.45. The first kappa shape index (κ1) is 26.1. The minimum atomic E-state index is -1.17. The number of carbonyl (C=O) groups excluding carboxylic acids is 3. The summed E-state index contributed by atoms with van der Waals surface area (Å²) >= 11 is 0. The Bertz CT molecular complexity index is 1300. The zero-order valence-electron chi connectivity index (χ0n) is 20.3. The van der Waals surface area contributed by atoms with Crippen molar-refractivity contribution in [3.63, 3.8) is 0 Å². The van der Waals surface area contributed by atoms with Crippen molar-refractivity contribution >= 4 is 34.8 Å². The number of hydrazine groups is 1. The Kier molecular flexibility index (Phi) is 7.82. The molecule has 3 amide bonds. The van der Waals surface area contributed by atoms with E-state index in [0.29, 0.717) is 23.0 Å². The van der Waals surface area contributed by atoms with Gasteiger partial charge in [0.25, 0.3) is 11.8 Å². The van der Waals surface area contributed by atoms with Gasteiger partial charge in [0.05, 0.1) is 23.0 Å². The minimum absolute atomic E-state index is 0.0229. The third-order valence-electron chi connectivity index (χ3n) is 4.66. The Morgan fingerprint density at radius 3 is 2.58 bits per heavy atom. The molecule has 3 aromatic rings. The highest BCUT2D eigenvalue weighted by atomic mass is 16.6. The van der Waals surface area contributed by atoms with Crippen molar-refractivity contribution < 1.29 is 29.0 Å². The van der Waals surface area contributed by atoms with Gasteiger partial charge in [0.2, 0.25) is 0 Å². The Labute approximate surface area is 206 Å². The molecule has 0 atom stereocenters. The lowest BCUT2D eigenvalue weighted by molar-refractivity contribution is -0.135. The molecule has 190 valence electrons. The lowest BCUT2D eigenvalue weighted by Crippen LogP contribution is -2.48. The van der Waals surface area contributed by atoms with Gasteiger partial charge < -0.3 is 15.2 Å². The molecule has 0 aliphatic heterocycles. The van der Waals surface area contributed by atoms with Crippen LogP contribution in [0.1, 0.15) is 55.0 Å². The Hall–Kier alpha value is -4.55. The van der Waals surface area contributed by atoms with Crippen LogP contribution >= 0.6 is 0 Å². The van der Waals surface area contributed by atoms with Crippen molar-refractivity contribution in [1.29, 1.82) is 0 Å². The molecule has 13 nitrogen and oxygen atoms in total. The topological polar surface area (TPSA) is 169 Å². The van der Waals surface area contributed by atoms with Gasteiger partial charge in [-0.05, 0) is 51.5 Å². The first-order chi connectivity index (χ1) is 17.0. The summed E-state index contributed by atoms with van der Waals surface area (Å²) in [5.41, 5.74) is 2.90. The molecule has 0 aliphatic rings. The Morgan fingerprint density at radius 1 is 1.17 bits per heavy atom. The molecule has 0 radical (unpaired) electrons. The molecule has 0 bridgehead atoms. The molecule has 0 fully saturated rings. The van der Waals surface area contributed by atoms with Gasteiger partial charge in [-0.3, -0.25) is 19.4 Å². The second-order valence-electron chi connectivity index (χ2n) is 8.76. The maximum Gasteiger partial charge on any atom is 0.426 e. The molecule has 3 N–H and O–H groups in total. The molecule has 2 heterocycles. The van der Waals surface area contributed by atoms with Gasteiger partial charge >= 0.3 is 12.1 Å². The van der Waals surface area contributed by atoms with E-state index in [1.807, 2.05) is 6.92 Å². The van der Waals surface area contributed by atoms with Crippen molar-refractivity contribution in [3.05, 3.63) is 47.9 Å². The molecule has 2 aromatic heterocycles. The molecular formula is C23H27N7O6. The highest BCUT2D eigenvalue weighted by molar-refractivity contribution is 6.07. The smallest absolute Gasteiger partial charge is 0.426 e. The summed E-state index contributed by atoms with van der Waals surface area (Å²) in [5, 5.41) is 20.7. The van der Waals surface area contributed by atoms with E-state index >= 15 is 0 Å². The largest absolute Gasteiger partial charge is 0.480 e. The van der Waals surface area contributed by atoms with E-state index < -0.39 is 36.0 Å². The van der Waals surface area contributed by atoms with Gasteiger partial charge in [0, 0.05) is 18.1 Å². The fourth-order valence-electron chi connectivity index (χ4n) is 3.20. The zero-order valence-corrected chi connectivity index (χ0v) is 20.3. The normalized spacial score (nSPS) is 11.1. The summed E-state index contributed by atoms with van der Waals surface area (Å²) in [7, 11) is 0. The number of carboxylic acid groups (broad SMARTS) is 1. The second kappa shape index (κ2) is 10.8. The molecule has 0 saturated heterocycles. The number of carboxylic acids is 1. The van der Waals surface area contributed by atoms with Crippen LogP contribution < -0.4 is 10.7 Å². The van der Waals surface area contributed by atoms with Crippen molar-refractivity contribution in [2.45, 2.75) is 39.7 Å². The molecule has 36 heavy (non-hydrogen) atoms. The summed E-state index contributed by atoms with van der Waals surface area (Å²) in [4.78, 5) is 52.7. The summed E-state index contributed by atoms with van der Waals surface area (Å²) < 4.78 is 6.56. The number of ether oxygens (including phenoxy) is 1. The van der Waals surface area contributed by atoms with Crippen LogP contribution in [0.2, 0.25) is 0 Å². The fraction of sp³-hybridized carbons (Fsp3) is 0.348. The molecule has 13 heteroatoms. The molecule has 0 unspecified atom stereocenters.